The lowest BCUT2D eigenvalue weighted by molar-refractivity contribution is -0.126. The Morgan fingerprint density at radius 3 is 2.59 bits per heavy atom. The van der Waals surface area contributed by atoms with Crippen molar-refractivity contribution in [2.45, 2.75) is 32.1 Å². The van der Waals surface area contributed by atoms with E-state index in [4.69, 9.17) is 5.73 Å². The van der Waals surface area contributed by atoms with Crippen molar-refractivity contribution in [3.8, 4) is 0 Å². The van der Waals surface area contributed by atoms with Crippen LogP contribution in [0.4, 0.5) is 0 Å². The molecule has 0 spiro atoms. The molecule has 2 rings (SSSR count). The number of nitrogens with one attached hydrogen (secondary N) is 1. The van der Waals surface area contributed by atoms with Gasteiger partial charge in [0.2, 0.25) is 5.91 Å². The van der Waals surface area contributed by atoms with Crippen LogP contribution in [0.25, 0.3) is 0 Å². The van der Waals surface area contributed by atoms with Crippen LogP contribution in [0, 0.1) is 17.8 Å². The minimum atomic E-state index is 0.171. The molecule has 1 saturated carbocycles. The predicted molar refractivity (Wildman–Crippen MR) is 90.6 cm³/mol. The number of hydrogen-bond acceptors (Lipinski definition) is 4. The molecule has 1 aliphatic carbocycles. The van der Waals surface area contributed by atoms with Crippen LogP contribution in [0.5, 0.6) is 0 Å². The first-order chi connectivity index (χ1) is 10.6. The Morgan fingerprint density at radius 1 is 1.23 bits per heavy atom. The summed E-state index contributed by atoms with van der Waals surface area (Å²) in [6.45, 7) is 6.14. The van der Waals surface area contributed by atoms with Crippen LogP contribution in [-0.4, -0.2) is 69.1 Å². The zero-order chi connectivity index (χ0) is 15.9. The highest BCUT2D eigenvalue weighted by Crippen LogP contribution is 2.31. The number of nitrogens with zero attached hydrogens (tertiary/aromatic N) is 2. The van der Waals surface area contributed by atoms with Crippen LogP contribution in [-0.2, 0) is 4.79 Å². The van der Waals surface area contributed by atoms with Crippen LogP contribution < -0.4 is 11.1 Å². The van der Waals surface area contributed by atoms with Crippen molar-refractivity contribution in [2.75, 3.05) is 53.4 Å². The van der Waals surface area contributed by atoms with E-state index in [1.807, 2.05) is 0 Å². The van der Waals surface area contributed by atoms with E-state index in [0.717, 1.165) is 38.9 Å². The van der Waals surface area contributed by atoms with Crippen molar-refractivity contribution in [3.05, 3.63) is 0 Å². The highest BCUT2D eigenvalue weighted by atomic mass is 16.1. The maximum Gasteiger partial charge on any atom is 0.223 e. The molecular weight excluding hydrogens is 276 g/mol. The molecule has 0 aromatic heterocycles. The summed E-state index contributed by atoms with van der Waals surface area (Å²) in [5, 5.41) is 3.20. The van der Waals surface area contributed by atoms with Gasteiger partial charge in [-0.25, -0.2) is 0 Å². The molecular formula is C17H34N4O. The Morgan fingerprint density at radius 2 is 1.95 bits per heavy atom. The number of nitrogens with two attached hydrogens (primary N) is 1. The van der Waals surface area contributed by atoms with Crippen LogP contribution >= 0.6 is 0 Å². The number of hydrogen-bond donors (Lipinski definition) is 2. The summed E-state index contributed by atoms with van der Waals surface area (Å²) in [7, 11) is 4.25. The monoisotopic (exact) mass is 310 g/mol. The maximum absolute atomic E-state index is 12.3. The Balaban J connectivity index is 1.63. The Labute approximate surface area is 135 Å². The van der Waals surface area contributed by atoms with E-state index in [1.165, 1.54) is 25.9 Å². The van der Waals surface area contributed by atoms with Gasteiger partial charge < -0.3 is 20.9 Å². The summed E-state index contributed by atoms with van der Waals surface area (Å²) in [6.07, 6.45) is 5.72. The van der Waals surface area contributed by atoms with Crippen molar-refractivity contribution in [1.82, 2.24) is 15.1 Å². The number of amides is 1. The largest absolute Gasteiger partial charge is 0.356 e. The molecule has 2 aliphatic rings. The van der Waals surface area contributed by atoms with Gasteiger partial charge in [0.1, 0.15) is 0 Å². The van der Waals surface area contributed by atoms with Gasteiger partial charge in [-0.05, 0) is 71.2 Å². The molecule has 0 bridgehead atoms. The second kappa shape index (κ2) is 8.85. The predicted octanol–water partition coefficient (Wildman–Crippen LogP) is 0.751. The molecule has 128 valence electrons. The molecule has 22 heavy (non-hydrogen) atoms. The smallest absolute Gasteiger partial charge is 0.223 e. The topological polar surface area (TPSA) is 61.6 Å². The summed E-state index contributed by atoms with van der Waals surface area (Å²) in [5.41, 5.74) is 5.78. The van der Waals surface area contributed by atoms with E-state index >= 15 is 0 Å². The summed E-state index contributed by atoms with van der Waals surface area (Å²) >= 11 is 0. The van der Waals surface area contributed by atoms with Gasteiger partial charge in [-0.15, -0.1) is 0 Å². The second-order valence-corrected chi connectivity index (χ2v) is 7.37. The fraction of sp³-hybridized carbons (Fsp3) is 0.941. The lowest BCUT2D eigenvalue weighted by Gasteiger charge is -2.33. The van der Waals surface area contributed by atoms with Crippen molar-refractivity contribution < 1.29 is 4.79 Å². The molecule has 0 aromatic carbocycles. The molecule has 2 fully saturated rings. The third-order valence-corrected chi connectivity index (χ3v) is 5.43. The molecule has 0 unspecified atom stereocenters. The molecule has 1 aliphatic heterocycles. The molecule has 5 nitrogen and oxygen atoms in total. The van der Waals surface area contributed by atoms with E-state index in [1.54, 1.807) is 0 Å². The zero-order valence-electron chi connectivity index (χ0n) is 14.4. The number of piperidine rings is 1. The number of carbonyl (C=O) groups excluding carboxylic acids is 1. The number of rotatable bonds is 7. The minimum absolute atomic E-state index is 0.171. The van der Waals surface area contributed by atoms with Crippen LogP contribution in [0.3, 0.4) is 0 Å². The fourth-order valence-electron chi connectivity index (χ4n) is 3.80. The number of likely N-dealkylation sites (tertiary alicyclic amines) is 1. The third kappa shape index (κ3) is 5.21. The molecule has 0 aromatic rings. The maximum atomic E-state index is 12.3. The van der Waals surface area contributed by atoms with Gasteiger partial charge in [0.15, 0.2) is 0 Å². The van der Waals surface area contributed by atoms with Crippen molar-refractivity contribution in [2.24, 2.45) is 23.5 Å². The van der Waals surface area contributed by atoms with Gasteiger partial charge in [0.25, 0.3) is 0 Å². The lowest BCUT2D eigenvalue weighted by Crippen LogP contribution is -2.42. The summed E-state index contributed by atoms with van der Waals surface area (Å²) in [5.74, 6) is 1.48. The third-order valence-electron chi connectivity index (χ3n) is 5.43. The average Bonchev–Trinajstić information content (AvgIpc) is 3.00. The molecule has 1 saturated heterocycles. The summed E-state index contributed by atoms with van der Waals surface area (Å²) in [4.78, 5) is 17.1. The normalized spacial score (nSPS) is 27.5. The Kier molecular flexibility index (Phi) is 7.12. The van der Waals surface area contributed by atoms with Gasteiger partial charge in [0, 0.05) is 25.6 Å². The van der Waals surface area contributed by atoms with Gasteiger partial charge in [-0.3, -0.25) is 4.79 Å². The Bertz CT molecular complexity index is 340. The van der Waals surface area contributed by atoms with Gasteiger partial charge >= 0.3 is 0 Å². The summed E-state index contributed by atoms with van der Waals surface area (Å²) < 4.78 is 0. The minimum Gasteiger partial charge on any atom is -0.356 e. The number of likely N-dealkylation sites (N-methyl/N-ethyl adjacent to an activating group) is 1. The van der Waals surface area contributed by atoms with Crippen LogP contribution in [0.1, 0.15) is 32.1 Å². The Hall–Kier alpha value is -0.650. The summed E-state index contributed by atoms with van der Waals surface area (Å²) in [6, 6.07) is 0. The van der Waals surface area contributed by atoms with Gasteiger partial charge in [-0.2, -0.15) is 0 Å². The molecule has 2 atom stereocenters. The molecule has 1 amide bonds. The molecule has 0 radical (unpaired) electrons. The second-order valence-electron chi connectivity index (χ2n) is 7.37. The first-order valence-corrected chi connectivity index (χ1v) is 8.95. The fourth-order valence-corrected chi connectivity index (χ4v) is 3.80. The van der Waals surface area contributed by atoms with Crippen LogP contribution in [0.2, 0.25) is 0 Å². The molecule has 3 N–H and O–H groups in total. The van der Waals surface area contributed by atoms with Gasteiger partial charge in [-0.1, -0.05) is 6.42 Å². The van der Waals surface area contributed by atoms with E-state index in [2.05, 4.69) is 29.2 Å². The quantitative estimate of drug-likeness (QED) is 0.728. The SMILES string of the molecule is CN(C)CCN1CCC(CNC(=O)[C@@H]2CCC[C@@H]2CN)CC1. The van der Waals surface area contributed by atoms with Crippen LogP contribution in [0.15, 0.2) is 0 Å². The van der Waals surface area contributed by atoms with Gasteiger partial charge in [0.05, 0.1) is 0 Å². The van der Waals surface area contributed by atoms with Crippen molar-refractivity contribution >= 4 is 5.91 Å². The van der Waals surface area contributed by atoms with E-state index < -0.39 is 0 Å². The molecule has 1 heterocycles. The highest BCUT2D eigenvalue weighted by molar-refractivity contribution is 5.79. The van der Waals surface area contributed by atoms with Crippen molar-refractivity contribution in [3.63, 3.8) is 0 Å². The highest BCUT2D eigenvalue weighted by Gasteiger charge is 2.32. The van der Waals surface area contributed by atoms with E-state index in [0.29, 0.717) is 18.4 Å². The van der Waals surface area contributed by atoms with Crippen molar-refractivity contribution in [1.29, 1.82) is 0 Å². The number of carbonyl (C=O) groups is 1. The zero-order valence-corrected chi connectivity index (χ0v) is 14.4. The van der Waals surface area contributed by atoms with E-state index in [-0.39, 0.29) is 11.8 Å². The van der Waals surface area contributed by atoms with E-state index in [9.17, 15) is 4.79 Å². The first-order valence-electron chi connectivity index (χ1n) is 8.95. The first kappa shape index (κ1) is 17.7. The average molecular weight is 310 g/mol. The lowest BCUT2D eigenvalue weighted by atomic mass is 9.93. The molecule has 5 heteroatoms. The standard InChI is InChI=1S/C17H34N4O/c1-20(2)10-11-21-8-6-14(7-9-21)13-19-17(22)16-5-3-4-15(16)12-18/h14-16H,3-13,18H2,1-2H3,(H,19,22)/t15-,16-/m1/s1.